The van der Waals surface area contributed by atoms with Gasteiger partial charge in [0.05, 0.1) is 29.1 Å². The molecule has 34 heavy (non-hydrogen) atoms. The molecule has 9 nitrogen and oxygen atoms in total. The molecule has 0 aliphatic heterocycles. The number of hydrogen-bond acceptors (Lipinski definition) is 6. The fourth-order valence-electron chi connectivity index (χ4n) is 3.46. The van der Waals surface area contributed by atoms with E-state index < -0.39 is 5.25 Å². The van der Waals surface area contributed by atoms with Crippen molar-refractivity contribution in [2.45, 2.75) is 23.9 Å². The third kappa shape index (κ3) is 4.63. The molecule has 0 saturated carbocycles. The molecule has 3 N–H and O–H groups in total. The summed E-state index contributed by atoms with van der Waals surface area (Å²) in [6, 6.07) is 16.2. The number of benzene rings is 2. The molecule has 11 heteroatoms. The van der Waals surface area contributed by atoms with Gasteiger partial charge < -0.3 is 19.7 Å². The van der Waals surface area contributed by atoms with Gasteiger partial charge >= 0.3 is 5.69 Å². The number of carbonyl (C=O) groups is 1. The molecule has 1 amide bonds. The van der Waals surface area contributed by atoms with E-state index in [9.17, 15) is 9.59 Å². The molecule has 172 valence electrons. The first-order valence-corrected chi connectivity index (χ1v) is 11.6. The fourth-order valence-corrected chi connectivity index (χ4v) is 4.43. The van der Waals surface area contributed by atoms with Crippen LogP contribution in [-0.4, -0.2) is 35.9 Å². The summed E-state index contributed by atoms with van der Waals surface area (Å²) in [6.07, 6.45) is 1.61. The molecule has 5 aromatic rings. The quantitative estimate of drug-likeness (QED) is 0.286. The maximum absolute atomic E-state index is 12.9. The highest BCUT2D eigenvalue weighted by Gasteiger charge is 2.22. The van der Waals surface area contributed by atoms with Crippen molar-refractivity contribution in [2.75, 3.05) is 5.32 Å². The second kappa shape index (κ2) is 9.24. The number of fused-ring (bicyclic) bond motifs is 1. The number of imidazole rings is 1. The van der Waals surface area contributed by atoms with E-state index in [2.05, 4.69) is 25.5 Å². The van der Waals surface area contributed by atoms with Crippen LogP contribution in [0.1, 0.15) is 12.7 Å². The Morgan fingerprint density at radius 1 is 1.15 bits per heavy atom. The Morgan fingerprint density at radius 2 is 1.94 bits per heavy atom. The maximum atomic E-state index is 12.9. The SMILES string of the molecule is CC(Sc1nnc(-c2ccc(Cl)cc2)n1Cc1ccco1)C(=O)Nc1ccc2[nH]c(=O)[nH]c2c1. The van der Waals surface area contributed by atoms with E-state index in [1.807, 2.05) is 28.8 Å². The van der Waals surface area contributed by atoms with E-state index in [-0.39, 0.29) is 11.6 Å². The number of aromatic nitrogens is 5. The first kappa shape index (κ1) is 22.1. The minimum Gasteiger partial charge on any atom is -0.467 e. The van der Waals surface area contributed by atoms with E-state index >= 15 is 0 Å². The van der Waals surface area contributed by atoms with Crippen LogP contribution >= 0.6 is 23.4 Å². The Balaban J connectivity index is 1.38. The maximum Gasteiger partial charge on any atom is 0.323 e. The monoisotopic (exact) mass is 494 g/mol. The molecule has 0 saturated heterocycles. The molecule has 5 rings (SSSR count). The van der Waals surface area contributed by atoms with Crippen molar-refractivity contribution in [2.24, 2.45) is 0 Å². The third-order valence-corrected chi connectivity index (χ3v) is 6.48. The Bertz CT molecular complexity index is 1500. The minimum absolute atomic E-state index is 0.206. The molecule has 0 aliphatic rings. The lowest BCUT2D eigenvalue weighted by Gasteiger charge is -2.13. The van der Waals surface area contributed by atoms with Gasteiger partial charge in [0, 0.05) is 16.3 Å². The Hall–Kier alpha value is -3.76. The normalized spacial score (nSPS) is 12.2. The van der Waals surface area contributed by atoms with Gasteiger partial charge in [-0.3, -0.25) is 9.36 Å². The van der Waals surface area contributed by atoms with Gasteiger partial charge in [0.15, 0.2) is 11.0 Å². The molecular formula is C23H19ClN6O3S. The molecule has 1 unspecified atom stereocenters. The predicted molar refractivity (Wildman–Crippen MR) is 131 cm³/mol. The number of H-pyrrole nitrogens is 2. The van der Waals surface area contributed by atoms with E-state index in [0.29, 0.717) is 39.3 Å². The van der Waals surface area contributed by atoms with Crippen LogP contribution in [-0.2, 0) is 11.3 Å². The topological polar surface area (TPSA) is 122 Å². The molecule has 3 aromatic heterocycles. The van der Waals surface area contributed by atoms with Crippen LogP contribution in [0.5, 0.6) is 0 Å². The minimum atomic E-state index is -0.474. The molecule has 0 spiro atoms. The number of amides is 1. The number of halogens is 1. The average Bonchev–Trinajstić information content (AvgIpc) is 3.55. The summed E-state index contributed by atoms with van der Waals surface area (Å²) in [4.78, 5) is 29.7. The summed E-state index contributed by atoms with van der Waals surface area (Å²) < 4.78 is 7.44. The molecule has 1 atom stereocenters. The molecule has 3 heterocycles. The zero-order chi connectivity index (χ0) is 23.7. The second-order valence-electron chi connectivity index (χ2n) is 7.57. The van der Waals surface area contributed by atoms with Crippen molar-refractivity contribution < 1.29 is 9.21 Å². The number of furan rings is 1. The molecule has 0 radical (unpaired) electrons. The number of thioether (sulfide) groups is 1. The van der Waals surface area contributed by atoms with E-state index in [1.54, 1.807) is 43.5 Å². The summed E-state index contributed by atoms with van der Waals surface area (Å²) in [7, 11) is 0. The van der Waals surface area contributed by atoms with Crippen LogP contribution in [0, 0.1) is 0 Å². The Labute approximate surface area is 202 Å². The standard InChI is InChI=1S/C23H19ClN6O3S/c1-13(21(31)25-16-8-9-18-19(11-16)27-22(32)26-18)34-23-29-28-20(14-4-6-15(24)7-5-14)30(23)12-17-3-2-10-33-17/h2-11,13H,12H2,1H3,(H,25,31)(H2,26,27,32). The number of anilines is 1. The van der Waals surface area contributed by atoms with Crippen molar-refractivity contribution in [3.8, 4) is 11.4 Å². The van der Waals surface area contributed by atoms with Crippen molar-refractivity contribution in [3.63, 3.8) is 0 Å². The van der Waals surface area contributed by atoms with Crippen LogP contribution in [0.4, 0.5) is 5.69 Å². The van der Waals surface area contributed by atoms with Crippen molar-refractivity contribution in [1.29, 1.82) is 0 Å². The van der Waals surface area contributed by atoms with Crippen molar-refractivity contribution in [1.82, 2.24) is 24.7 Å². The summed E-state index contributed by atoms with van der Waals surface area (Å²) in [6.45, 7) is 2.21. The van der Waals surface area contributed by atoms with Gasteiger partial charge in [-0.1, -0.05) is 23.4 Å². The van der Waals surface area contributed by atoms with Crippen LogP contribution in [0.2, 0.25) is 5.02 Å². The van der Waals surface area contributed by atoms with Crippen LogP contribution < -0.4 is 11.0 Å². The zero-order valence-electron chi connectivity index (χ0n) is 17.9. The van der Waals surface area contributed by atoms with Gasteiger partial charge in [0.25, 0.3) is 0 Å². The largest absolute Gasteiger partial charge is 0.467 e. The summed E-state index contributed by atoms with van der Waals surface area (Å²) in [5, 5.41) is 12.3. The predicted octanol–water partition coefficient (Wildman–Crippen LogP) is 4.53. The summed E-state index contributed by atoms with van der Waals surface area (Å²) in [5.41, 5.74) is 2.43. The summed E-state index contributed by atoms with van der Waals surface area (Å²) >= 11 is 7.33. The Kier molecular flexibility index (Phi) is 5.99. The number of nitrogens with zero attached hydrogens (tertiary/aromatic N) is 3. The first-order chi connectivity index (χ1) is 16.5. The molecule has 0 aliphatic carbocycles. The molecule has 0 bridgehead atoms. The number of carbonyl (C=O) groups excluding carboxylic acids is 1. The van der Waals surface area contributed by atoms with Crippen LogP contribution in [0.25, 0.3) is 22.4 Å². The van der Waals surface area contributed by atoms with Crippen molar-refractivity contribution in [3.05, 3.63) is 82.1 Å². The molecule has 0 fully saturated rings. The van der Waals surface area contributed by atoms with Gasteiger partial charge in [0.2, 0.25) is 5.91 Å². The highest BCUT2D eigenvalue weighted by Crippen LogP contribution is 2.29. The van der Waals surface area contributed by atoms with E-state index in [0.717, 1.165) is 11.3 Å². The number of hydrogen-bond donors (Lipinski definition) is 3. The second-order valence-corrected chi connectivity index (χ2v) is 9.31. The van der Waals surface area contributed by atoms with Gasteiger partial charge in [-0.15, -0.1) is 10.2 Å². The van der Waals surface area contributed by atoms with E-state index in [1.165, 1.54) is 11.8 Å². The average molecular weight is 495 g/mol. The molecule has 2 aromatic carbocycles. The molecular weight excluding hydrogens is 476 g/mol. The fraction of sp³-hybridized carbons (Fsp3) is 0.130. The summed E-state index contributed by atoms with van der Waals surface area (Å²) in [5.74, 6) is 1.18. The lowest BCUT2D eigenvalue weighted by Crippen LogP contribution is -2.23. The van der Waals surface area contributed by atoms with Gasteiger partial charge in [-0.05, 0) is 61.5 Å². The van der Waals surface area contributed by atoms with Gasteiger partial charge in [0.1, 0.15) is 5.76 Å². The smallest absolute Gasteiger partial charge is 0.323 e. The lowest BCUT2D eigenvalue weighted by molar-refractivity contribution is -0.115. The number of aromatic amines is 2. The Morgan fingerprint density at radius 3 is 2.71 bits per heavy atom. The third-order valence-electron chi connectivity index (χ3n) is 5.15. The van der Waals surface area contributed by atoms with Crippen LogP contribution in [0.15, 0.2) is 75.2 Å². The number of rotatable bonds is 7. The highest BCUT2D eigenvalue weighted by atomic mass is 35.5. The van der Waals surface area contributed by atoms with Crippen molar-refractivity contribution >= 4 is 46.0 Å². The lowest BCUT2D eigenvalue weighted by atomic mass is 10.2. The van der Waals surface area contributed by atoms with Gasteiger partial charge in [-0.25, -0.2) is 4.79 Å². The number of nitrogens with one attached hydrogen (secondary N) is 3. The van der Waals surface area contributed by atoms with Crippen LogP contribution in [0.3, 0.4) is 0 Å². The van der Waals surface area contributed by atoms with Gasteiger partial charge in [-0.2, -0.15) is 0 Å². The zero-order valence-corrected chi connectivity index (χ0v) is 19.5. The van der Waals surface area contributed by atoms with E-state index in [4.69, 9.17) is 16.0 Å². The highest BCUT2D eigenvalue weighted by molar-refractivity contribution is 8.00. The first-order valence-electron chi connectivity index (χ1n) is 10.4.